The molecule has 2 amide bonds. The normalized spacial score (nSPS) is 16.6. The van der Waals surface area contributed by atoms with E-state index in [0.717, 1.165) is 36.1 Å². The van der Waals surface area contributed by atoms with Crippen molar-refractivity contribution in [3.8, 4) is 0 Å². The Morgan fingerprint density at radius 3 is 2.47 bits per heavy atom. The SMILES string of the molecule is O=C(Nc1sc2c(c1C(=O)Nc1ccc(N3CCCS3(=O)=O)cc1)CCCC2)c1cccnc1. The Morgan fingerprint density at radius 2 is 1.76 bits per heavy atom. The van der Waals surface area contributed by atoms with E-state index in [4.69, 9.17) is 0 Å². The molecule has 0 saturated carbocycles. The van der Waals surface area contributed by atoms with Crippen LogP contribution in [-0.4, -0.2) is 37.5 Å². The maximum absolute atomic E-state index is 13.4. The fourth-order valence-corrected chi connectivity index (χ4v) is 7.25. The van der Waals surface area contributed by atoms with Gasteiger partial charge in [0.05, 0.1) is 22.6 Å². The average Bonchev–Trinajstić information content (AvgIpc) is 3.39. The fourth-order valence-electron chi connectivity index (χ4n) is 4.40. The van der Waals surface area contributed by atoms with Gasteiger partial charge in [-0.25, -0.2) is 8.42 Å². The number of carbonyl (C=O) groups is 2. The molecule has 34 heavy (non-hydrogen) atoms. The highest BCUT2D eigenvalue weighted by Gasteiger charge is 2.29. The Balaban J connectivity index is 1.39. The number of amides is 2. The molecular weight excluding hydrogens is 472 g/mol. The molecule has 5 rings (SSSR count). The molecule has 2 N–H and O–H groups in total. The number of benzene rings is 1. The minimum Gasteiger partial charge on any atom is -0.322 e. The number of nitrogens with one attached hydrogen (secondary N) is 2. The van der Waals surface area contributed by atoms with Gasteiger partial charge in [-0.05, 0) is 74.1 Å². The molecular formula is C24H24N4O4S2. The maximum Gasteiger partial charge on any atom is 0.258 e. The molecule has 1 saturated heterocycles. The molecule has 2 aromatic heterocycles. The summed E-state index contributed by atoms with van der Waals surface area (Å²) in [6, 6.07) is 10.2. The fraction of sp³-hybridized carbons (Fsp3) is 0.292. The van der Waals surface area contributed by atoms with Crippen LogP contribution in [0, 0.1) is 0 Å². The first kappa shape index (κ1) is 22.5. The molecule has 1 aliphatic carbocycles. The number of anilines is 3. The summed E-state index contributed by atoms with van der Waals surface area (Å²) in [7, 11) is -3.26. The molecule has 3 aromatic rings. The van der Waals surface area contributed by atoms with E-state index in [1.54, 1.807) is 42.6 Å². The van der Waals surface area contributed by atoms with Crippen LogP contribution in [0.2, 0.25) is 0 Å². The quantitative estimate of drug-likeness (QED) is 0.554. The second-order valence-electron chi connectivity index (χ2n) is 8.35. The minimum absolute atomic E-state index is 0.155. The zero-order valence-corrected chi connectivity index (χ0v) is 20.0. The van der Waals surface area contributed by atoms with Gasteiger partial charge in [-0.1, -0.05) is 0 Å². The van der Waals surface area contributed by atoms with Crippen molar-refractivity contribution in [2.75, 3.05) is 27.2 Å². The van der Waals surface area contributed by atoms with Gasteiger partial charge >= 0.3 is 0 Å². The lowest BCUT2D eigenvalue weighted by Gasteiger charge is -2.17. The van der Waals surface area contributed by atoms with E-state index >= 15 is 0 Å². The van der Waals surface area contributed by atoms with E-state index < -0.39 is 10.0 Å². The topological polar surface area (TPSA) is 108 Å². The Hall–Kier alpha value is -3.24. The van der Waals surface area contributed by atoms with E-state index in [9.17, 15) is 18.0 Å². The third-order valence-electron chi connectivity index (χ3n) is 6.06. The lowest BCUT2D eigenvalue weighted by Crippen LogP contribution is -2.25. The molecule has 10 heteroatoms. The van der Waals surface area contributed by atoms with Crippen LogP contribution in [0.15, 0.2) is 48.8 Å². The Kier molecular flexibility index (Phi) is 6.09. The molecule has 1 aromatic carbocycles. The van der Waals surface area contributed by atoms with Crippen LogP contribution in [0.5, 0.6) is 0 Å². The number of fused-ring (bicyclic) bond motifs is 1. The van der Waals surface area contributed by atoms with Crippen LogP contribution in [0.3, 0.4) is 0 Å². The maximum atomic E-state index is 13.4. The van der Waals surface area contributed by atoms with Crippen molar-refractivity contribution in [2.24, 2.45) is 0 Å². The summed E-state index contributed by atoms with van der Waals surface area (Å²) < 4.78 is 25.7. The van der Waals surface area contributed by atoms with E-state index in [2.05, 4.69) is 15.6 Å². The number of nitrogens with zero attached hydrogens (tertiary/aromatic N) is 2. The van der Waals surface area contributed by atoms with Crippen molar-refractivity contribution < 1.29 is 18.0 Å². The molecule has 0 spiro atoms. The van der Waals surface area contributed by atoms with Gasteiger partial charge in [-0.15, -0.1) is 11.3 Å². The number of hydrogen-bond acceptors (Lipinski definition) is 6. The first-order chi connectivity index (χ1) is 16.4. The highest BCUT2D eigenvalue weighted by Crippen LogP contribution is 2.39. The smallest absolute Gasteiger partial charge is 0.258 e. The largest absolute Gasteiger partial charge is 0.322 e. The summed E-state index contributed by atoms with van der Waals surface area (Å²) in [5.41, 5.74) is 3.07. The van der Waals surface area contributed by atoms with Gasteiger partial charge in [-0.3, -0.25) is 18.9 Å². The molecule has 2 aliphatic rings. The summed E-state index contributed by atoms with van der Waals surface area (Å²) in [6.07, 6.45) is 7.45. The lowest BCUT2D eigenvalue weighted by molar-refractivity contribution is 0.102. The van der Waals surface area contributed by atoms with Crippen molar-refractivity contribution in [3.63, 3.8) is 0 Å². The van der Waals surface area contributed by atoms with Gasteiger partial charge < -0.3 is 10.6 Å². The zero-order chi connectivity index (χ0) is 23.7. The van der Waals surface area contributed by atoms with Gasteiger partial charge in [0.1, 0.15) is 5.00 Å². The van der Waals surface area contributed by atoms with Gasteiger partial charge in [-0.2, -0.15) is 0 Å². The molecule has 1 aliphatic heterocycles. The first-order valence-corrected chi connectivity index (χ1v) is 13.6. The van der Waals surface area contributed by atoms with Gasteiger partial charge in [0, 0.05) is 29.5 Å². The van der Waals surface area contributed by atoms with Crippen LogP contribution in [0.4, 0.5) is 16.4 Å². The standard InChI is InChI=1S/C24H24N4O4S2/c29-22(16-5-3-12-25-15-16)27-24-21(19-6-1-2-7-20(19)33-24)23(30)26-17-8-10-18(11-9-17)28-13-4-14-34(28,31)32/h3,5,8-12,15H,1-2,4,6-7,13-14H2,(H,26,30)(H,27,29). The van der Waals surface area contributed by atoms with E-state index in [1.165, 1.54) is 21.8 Å². The molecule has 0 bridgehead atoms. The van der Waals surface area contributed by atoms with Crippen molar-refractivity contribution >= 4 is 49.6 Å². The van der Waals surface area contributed by atoms with Crippen molar-refractivity contribution in [1.82, 2.24) is 4.98 Å². The number of aryl methyl sites for hydroxylation is 1. The van der Waals surface area contributed by atoms with Crippen LogP contribution < -0.4 is 14.9 Å². The third-order valence-corrected chi connectivity index (χ3v) is 9.14. The number of hydrogen-bond donors (Lipinski definition) is 2. The number of pyridine rings is 1. The summed E-state index contributed by atoms with van der Waals surface area (Å²) in [4.78, 5) is 31.2. The van der Waals surface area contributed by atoms with Gasteiger partial charge in [0.25, 0.3) is 11.8 Å². The van der Waals surface area contributed by atoms with Crippen LogP contribution in [0.25, 0.3) is 0 Å². The summed E-state index contributed by atoms with van der Waals surface area (Å²) in [6.45, 7) is 0.467. The van der Waals surface area contributed by atoms with E-state index in [0.29, 0.717) is 40.5 Å². The van der Waals surface area contributed by atoms with Gasteiger partial charge in [0.15, 0.2) is 0 Å². The van der Waals surface area contributed by atoms with Crippen molar-refractivity contribution in [2.45, 2.75) is 32.1 Å². The summed E-state index contributed by atoms with van der Waals surface area (Å²) >= 11 is 1.46. The average molecular weight is 497 g/mol. The van der Waals surface area contributed by atoms with E-state index in [-0.39, 0.29) is 17.6 Å². The number of carbonyl (C=O) groups excluding carboxylic acids is 2. The van der Waals surface area contributed by atoms with Crippen LogP contribution in [-0.2, 0) is 22.9 Å². The van der Waals surface area contributed by atoms with Crippen LogP contribution >= 0.6 is 11.3 Å². The second kappa shape index (κ2) is 9.19. The monoisotopic (exact) mass is 496 g/mol. The Morgan fingerprint density at radius 1 is 0.971 bits per heavy atom. The lowest BCUT2D eigenvalue weighted by atomic mass is 9.95. The summed E-state index contributed by atoms with van der Waals surface area (Å²) in [5.74, 6) is -0.443. The molecule has 3 heterocycles. The first-order valence-electron chi connectivity index (χ1n) is 11.2. The third kappa shape index (κ3) is 4.43. The number of aromatic nitrogens is 1. The number of rotatable bonds is 5. The number of thiophene rings is 1. The van der Waals surface area contributed by atoms with Crippen LogP contribution in [0.1, 0.15) is 50.4 Å². The summed E-state index contributed by atoms with van der Waals surface area (Å²) in [5, 5.41) is 6.37. The Bertz CT molecular complexity index is 1340. The molecule has 0 atom stereocenters. The highest BCUT2D eigenvalue weighted by atomic mass is 32.2. The molecule has 1 fully saturated rings. The minimum atomic E-state index is -3.26. The Labute approximate surface area is 202 Å². The highest BCUT2D eigenvalue weighted by molar-refractivity contribution is 7.93. The van der Waals surface area contributed by atoms with E-state index in [1.807, 2.05) is 0 Å². The predicted molar refractivity (Wildman–Crippen MR) is 133 cm³/mol. The molecule has 8 nitrogen and oxygen atoms in total. The number of sulfonamides is 1. The molecule has 176 valence electrons. The van der Waals surface area contributed by atoms with Crippen molar-refractivity contribution in [1.29, 1.82) is 0 Å². The predicted octanol–water partition coefficient (Wildman–Crippen LogP) is 4.07. The van der Waals surface area contributed by atoms with Gasteiger partial charge in [0.2, 0.25) is 10.0 Å². The second-order valence-corrected chi connectivity index (χ2v) is 11.5. The van der Waals surface area contributed by atoms with Crippen molar-refractivity contribution in [3.05, 3.63) is 70.4 Å². The molecule has 0 unspecified atom stereocenters. The zero-order valence-electron chi connectivity index (χ0n) is 18.4. The molecule has 0 radical (unpaired) electrons.